The molecule has 0 radical (unpaired) electrons. The van der Waals surface area contributed by atoms with Gasteiger partial charge in [-0.3, -0.25) is 4.99 Å². The third-order valence-electron chi connectivity index (χ3n) is 3.07. The van der Waals surface area contributed by atoms with Gasteiger partial charge in [-0.2, -0.15) is 0 Å². The Bertz CT molecular complexity index is 669. The van der Waals surface area contributed by atoms with Crippen LogP contribution in [0.4, 0.5) is 0 Å². The zero-order valence-corrected chi connectivity index (χ0v) is 14.8. The monoisotopic (exact) mass is 356 g/mol. The van der Waals surface area contributed by atoms with Gasteiger partial charge < -0.3 is 11.1 Å². The van der Waals surface area contributed by atoms with Crippen molar-refractivity contribution >= 4 is 40.5 Å². The normalized spacial score (nSPS) is 13.2. The average molecular weight is 357 g/mol. The molecule has 1 unspecified atom stereocenters. The highest BCUT2D eigenvalue weighted by atomic mass is 35.5. The molecule has 0 bridgehead atoms. The molecule has 0 fully saturated rings. The summed E-state index contributed by atoms with van der Waals surface area (Å²) in [5.41, 5.74) is 6.84. The fourth-order valence-corrected chi connectivity index (χ4v) is 3.33. The van der Waals surface area contributed by atoms with Gasteiger partial charge in [0.25, 0.3) is 0 Å². The molecule has 0 spiro atoms. The van der Waals surface area contributed by atoms with Crippen molar-refractivity contribution in [3.05, 3.63) is 49.9 Å². The highest BCUT2D eigenvalue weighted by Gasteiger charge is 2.10. The fourth-order valence-electron chi connectivity index (χ4n) is 1.99. The predicted molar refractivity (Wildman–Crippen MR) is 95.1 cm³/mol. The largest absolute Gasteiger partial charge is 0.370 e. The maximum atomic E-state index is 6.18. The molecule has 1 aromatic carbocycles. The van der Waals surface area contributed by atoms with Crippen molar-refractivity contribution in [3.63, 3.8) is 0 Å². The number of benzene rings is 1. The molecule has 1 atom stereocenters. The van der Waals surface area contributed by atoms with Gasteiger partial charge in [0.2, 0.25) is 0 Å². The van der Waals surface area contributed by atoms with Gasteiger partial charge in [-0.05, 0) is 31.5 Å². The van der Waals surface area contributed by atoms with Gasteiger partial charge in [-0.25, -0.2) is 4.98 Å². The van der Waals surface area contributed by atoms with Gasteiger partial charge >= 0.3 is 0 Å². The first kappa shape index (κ1) is 17.1. The summed E-state index contributed by atoms with van der Waals surface area (Å²) in [5.74, 6) is 0.395. The van der Waals surface area contributed by atoms with Crippen molar-refractivity contribution < 1.29 is 0 Å². The van der Waals surface area contributed by atoms with E-state index in [0.717, 1.165) is 17.0 Å². The number of nitrogens with two attached hydrogens (primary N) is 1. The fraction of sp³-hybridized carbons (Fsp3) is 0.333. The summed E-state index contributed by atoms with van der Waals surface area (Å²) in [4.78, 5) is 9.83. The van der Waals surface area contributed by atoms with Crippen molar-refractivity contribution in [3.8, 4) is 0 Å². The molecule has 4 nitrogen and oxygen atoms in total. The lowest BCUT2D eigenvalue weighted by Gasteiger charge is -2.16. The van der Waals surface area contributed by atoms with Gasteiger partial charge in [0.15, 0.2) is 5.96 Å². The molecule has 1 aromatic heterocycles. The summed E-state index contributed by atoms with van der Waals surface area (Å²) in [6.45, 7) is 4.62. The second kappa shape index (κ2) is 7.81. The highest BCUT2D eigenvalue weighted by Crippen LogP contribution is 2.25. The number of nitrogens with one attached hydrogen (secondary N) is 1. The number of aliphatic imine (C=N–C) groups is 1. The lowest BCUT2D eigenvalue weighted by Crippen LogP contribution is -2.34. The number of hydrogen-bond acceptors (Lipinski definition) is 3. The number of guanidine groups is 1. The summed E-state index contributed by atoms with van der Waals surface area (Å²) in [7, 11) is 0. The van der Waals surface area contributed by atoms with Crippen molar-refractivity contribution in [2.45, 2.75) is 26.3 Å². The van der Waals surface area contributed by atoms with Gasteiger partial charge in [0, 0.05) is 34.1 Å². The number of nitrogens with zero attached hydrogens (tertiary/aromatic N) is 2. The Hall–Kier alpha value is -1.30. The van der Waals surface area contributed by atoms with E-state index in [1.807, 2.05) is 26.1 Å². The minimum Gasteiger partial charge on any atom is -0.370 e. The van der Waals surface area contributed by atoms with Crippen molar-refractivity contribution in [1.29, 1.82) is 0 Å². The molecule has 22 heavy (non-hydrogen) atoms. The smallest absolute Gasteiger partial charge is 0.189 e. The van der Waals surface area contributed by atoms with E-state index < -0.39 is 0 Å². The first-order valence-electron chi connectivity index (χ1n) is 6.88. The van der Waals surface area contributed by atoms with Gasteiger partial charge in [-0.15, -0.1) is 11.3 Å². The number of thiazole rings is 1. The first-order valence-corrected chi connectivity index (χ1v) is 8.45. The highest BCUT2D eigenvalue weighted by molar-refractivity contribution is 7.11. The van der Waals surface area contributed by atoms with Crippen molar-refractivity contribution in [2.24, 2.45) is 10.7 Å². The number of aromatic nitrogens is 1. The van der Waals surface area contributed by atoms with E-state index >= 15 is 0 Å². The lowest BCUT2D eigenvalue weighted by atomic mass is 10.1. The van der Waals surface area contributed by atoms with E-state index in [0.29, 0.717) is 22.5 Å². The summed E-state index contributed by atoms with van der Waals surface area (Å²) in [5, 5.41) is 5.43. The van der Waals surface area contributed by atoms with Crippen LogP contribution in [0.5, 0.6) is 0 Å². The molecule has 0 saturated heterocycles. The van der Waals surface area contributed by atoms with E-state index in [1.165, 1.54) is 4.88 Å². The molecule has 3 N–H and O–H groups in total. The van der Waals surface area contributed by atoms with E-state index in [4.69, 9.17) is 28.9 Å². The van der Waals surface area contributed by atoms with Crippen LogP contribution in [0.2, 0.25) is 10.0 Å². The quantitative estimate of drug-likeness (QED) is 0.629. The Morgan fingerprint density at radius 1 is 1.45 bits per heavy atom. The Morgan fingerprint density at radius 2 is 2.23 bits per heavy atom. The van der Waals surface area contributed by atoms with Gasteiger partial charge in [-0.1, -0.05) is 29.3 Å². The third-order valence-corrected chi connectivity index (χ3v) is 4.61. The van der Waals surface area contributed by atoms with Crippen molar-refractivity contribution in [2.75, 3.05) is 6.54 Å². The second-order valence-electron chi connectivity index (χ2n) is 4.91. The molecular formula is C15H18Cl2N4S. The topological polar surface area (TPSA) is 63.3 Å². The maximum Gasteiger partial charge on any atom is 0.189 e. The zero-order valence-electron chi connectivity index (χ0n) is 12.4. The van der Waals surface area contributed by atoms with E-state index in [1.54, 1.807) is 23.5 Å². The number of rotatable bonds is 5. The maximum absolute atomic E-state index is 6.18. The number of halogens is 2. The van der Waals surface area contributed by atoms with Crippen LogP contribution < -0.4 is 11.1 Å². The minimum absolute atomic E-state index is 0.0457. The van der Waals surface area contributed by atoms with Crippen LogP contribution in [0.3, 0.4) is 0 Å². The van der Waals surface area contributed by atoms with Crippen LogP contribution in [0, 0.1) is 6.92 Å². The van der Waals surface area contributed by atoms with Crippen LogP contribution in [-0.4, -0.2) is 17.5 Å². The molecular weight excluding hydrogens is 339 g/mol. The summed E-state index contributed by atoms with van der Waals surface area (Å²) >= 11 is 13.8. The molecule has 2 aromatic rings. The Balaban J connectivity index is 1.89. The van der Waals surface area contributed by atoms with Crippen LogP contribution >= 0.6 is 34.5 Å². The Morgan fingerprint density at radius 3 is 2.86 bits per heavy atom. The summed E-state index contributed by atoms with van der Waals surface area (Å²) in [6, 6.07) is 5.36. The van der Waals surface area contributed by atoms with Gasteiger partial charge in [0.05, 0.1) is 11.0 Å². The van der Waals surface area contributed by atoms with Crippen LogP contribution in [-0.2, 0) is 6.42 Å². The standard InChI is InChI=1S/C15H18Cl2N4S/c1-9-8-20-14(22-9)5-6-19-15(18)21-10(2)12-4-3-11(16)7-13(12)17/h3-4,7-8,10H,5-6H2,1-2H3,(H3,18,19,21). The van der Waals surface area contributed by atoms with E-state index in [9.17, 15) is 0 Å². The summed E-state index contributed by atoms with van der Waals surface area (Å²) < 4.78 is 0. The average Bonchev–Trinajstić information content (AvgIpc) is 2.84. The van der Waals surface area contributed by atoms with Crippen LogP contribution in [0.1, 0.15) is 28.4 Å². The number of aryl methyl sites for hydroxylation is 1. The Labute approximate surface area is 144 Å². The lowest BCUT2D eigenvalue weighted by molar-refractivity contribution is 0.707. The molecule has 0 saturated carbocycles. The van der Waals surface area contributed by atoms with E-state index in [2.05, 4.69) is 15.3 Å². The molecule has 0 aliphatic rings. The molecule has 2 rings (SSSR count). The molecule has 118 valence electrons. The Kier molecular flexibility index (Phi) is 6.06. The predicted octanol–water partition coefficient (Wildman–Crippen LogP) is 3.97. The molecule has 7 heteroatoms. The number of hydrogen-bond donors (Lipinski definition) is 2. The molecule has 0 aliphatic carbocycles. The van der Waals surface area contributed by atoms with Gasteiger partial charge in [0.1, 0.15) is 0 Å². The van der Waals surface area contributed by atoms with Crippen LogP contribution in [0.15, 0.2) is 29.4 Å². The SMILES string of the molecule is Cc1cnc(CCN=C(N)NC(C)c2ccc(Cl)cc2Cl)s1. The summed E-state index contributed by atoms with van der Waals surface area (Å²) in [6.07, 6.45) is 2.66. The second-order valence-corrected chi connectivity index (χ2v) is 7.08. The molecule has 0 amide bonds. The molecule has 1 heterocycles. The third kappa shape index (κ3) is 4.87. The van der Waals surface area contributed by atoms with E-state index in [-0.39, 0.29) is 6.04 Å². The zero-order chi connectivity index (χ0) is 16.1. The van der Waals surface area contributed by atoms with Crippen molar-refractivity contribution in [1.82, 2.24) is 10.3 Å². The first-order chi connectivity index (χ1) is 10.5. The van der Waals surface area contributed by atoms with Crippen LogP contribution in [0.25, 0.3) is 0 Å². The molecule has 0 aliphatic heterocycles. The minimum atomic E-state index is -0.0457.